The molecular weight excluding hydrogens is 266 g/mol. The van der Waals surface area contributed by atoms with Gasteiger partial charge in [0, 0.05) is 18.2 Å². The number of hydrogen-bond acceptors (Lipinski definition) is 3. The SMILES string of the molecule is O=C(Nc1cccc(CNC(=O)C2CCCN2)c1)C1CC1. The van der Waals surface area contributed by atoms with Crippen LogP contribution in [0.25, 0.3) is 0 Å². The maximum Gasteiger partial charge on any atom is 0.237 e. The first-order valence-electron chi connectivity index (χ1n) is 7.63. The Labute approximate surface area is 124 Å². The predicted molar refractivity (Wildman–Crippen MR) is 80.7 cm³/mol. The van der Waals surface area contributed by atoms with E-state index in [0.29, 0.717) is 6.54 Å². The van der Waals surface area contributed by atoms with Gasteiger partial charge in [0.25, 0.3) is 0 Å². The van der Waals surface area contributed by atoms with Crippen LogP contribution in [0.4, 0.5) is 5.69 Å². The zero-order valence-corrected chi connectivity index (χ0v) is 12.0. The molecule has 3 N–H and O–H groups in total. The summed E-state index contributed by atoms with van der Waals surface area (Å²) in [5, 5.41) is 9.05. The molecule has 1 saturated carbocycles. The summed E-state index contributed by atoms with van der Waals surface area (Å²) < 4.78 is 0. The second-order valence-corrected chi connectivity index (χ2v) is 5.83. The zero-order valence-electron chi connectivity index (χ0n) is 12.0. The van der Waals surface area contributed by atoms with E-state index in [1.807, 2.05) is 24.3 Å². The lowest BCUT2D eigenvalue weighted by molar-refractivity contribution is -0.123. The third kappa shape index (κ3) is 3.82. The fraction of sp³-hybridized carbons (Fsp3) is 0.500. The molecule has 0 spiro atoms. The van der Waals surface area contributed by atoms with Crippen LogP contribution in [0.3, 0.4) is 0 Å². The van der Waals surface area contributed by atoms with E-state index in [1.165, 1.54) is 0 Å². The molecule has 1 heterocycles. The highest BCUT2D eigenvalue weighted by molar-refractivity contribution is 5.94. The molecule has 3 rings (SSSR count). The van der Waals surface area contributed by atoms with Gasteiger partial charge in [0.2, 0.25) is 11.8 Å². The van der Waals surface area contributed by atoms with Crippen molar-refractivity contribution in [3.05, 3.63) is 29.8 Å². The highest BCUT2D eigenvalue weighted by Crippen LogP contribution is 2.30. The highest BCUT2D eigenvalue weighted by atomic mass is 16.2. The van der Waals surface area contributed by atoms with E-state index in [-0.39, 0.29) is 23.8 Å². The second-order valence-electron chi connectivity index (χ2n) is 5.83. The van der Waals surface area contributed by atoms with Gasteiger partial charge in [-0.2, -0.15) is 0 Å². The number of benzene rings is 1. The molecule has 1 aromatic carbocycles. The average molecular weight is 287 g/mol. The van der Waals surface area contributed by atoms with Gasteiger partial charge in [0.1, 0.15) is 0 Å². The van der Waals surface area contributed by atoms with Gasteiger partial charge in [-0.05, 0) is 49.9 Å². The fourth-order valence-electron chi connectivity index (χ4n) is 2.57. The lowest BCUT2D eigenvalue weighted by Crippen LogP contribution is -2.40. The molecule has 1 aliphatic carbocycles. The van der Waals surface area contributed by atoms with E-state index in [1.54, 1.807) is 0 Å². The summed E-state index contributed by atoms with van der Waals surface area (Å²) in [7, 11) is 0. The van der Waals surface area contributed by atoms with Gasteiger partial charge in [-0.1, -0.05) is 12.1 Å². The molecule has 1 aromatic rings. The standard InChI is InChI=1S/C16H21N3O2/c20-15(12-6-7-12)19-13-4-1-3-11(9-13)10-18-16(21)14-5-2-8-17-14/h1,3-4,9,12,14,17H,2,5-8,10H2,(H,18,21)(H,19,20). The Morgan fingerprint density at radius 3 is 2.76 bits per heavy atom. The Bertz CT molecular complexity index is 534. The predicted octanol–water partition coefficient (Wildman–Crippen LogP) is 1.40. The van der Waals surface area contributed by atoms with Crippen molar-refractivity contribution in [1.82, 2.24) is 10.6 Å². The molecule has 1 aliphatic heterocycles. The summed E-state index contributed by atoms with van der Waals surface area (Å²) in [6, 6.07) is 7.60. The molecule has 0 aromatic heterocycles. The van der Waals surface area contributed by atoms with Crippen LogP contribution in [0.1, 0.15) is 31.2 Å². The Morgan fingerprint density at radius 1 is 1.19 bits per heavy atom. The Balaban J connectivity index is 1.52. The molecular formula is C16H21N3O2. The van der Waals surface area contributed by atoms with Crippen molar-refractivity contribution in [3.63, 3.8) is 0 Å². The molecule has 2 amide bonds. The summed E-state index contributed by atoms with van der Waals surface area (Å²) >= 11 is 0. The van der Waals surface area contributed by atoms with E-state index < -0.39 is 0 Å². The minimum Gasteiger partial charge on any atom is -0.351 e. The number of anilines is 1. The number of carbonyl (C=O) groups is 2. The number of nitrogens with one attached hydrogen (secondary N) is 3. The lowest BCUT2D eigenvalue weighted by Gasteiger charge is -2.12. The summed E-state index contributed by atoms with van der Waals surface area (Å²) in [5.74, 6) is 0.355. The number of amides is 2. The van der Waals surface area contributed by atoms with Crippen molar-refractivity contribution >= 4 is 17.5 Å². The van der Waals surface area contributed by atoms with Crippen LogP contribution in [0.5, 0.6) is 0 Å². The third-order valence-electron chi connectivity index (χ3n) is 3.99. The summed E-state index contributed by atoms with van der Waals surface area (Å²) in [5.41, 5.74) is 1.80. The first-order valence-corrected chi connectivity index (χ1v) is 7.63. The molecule has 112 valence electrons. The Kier molecular flexibility index (Phi) is 4.20. The van der Waals surface area contributed by atoms with Crippen LogP contribution in [0.15, 0.2) is 24.3 Å². The van der Waals surface area contributed by atoms with Crippen molar-refractivity contribution in [1.29, 1.82) is 0 Å². The molecule has 0 radical (unpaired) electrons. The highest BCUT2D eigenvalue weighted by Gasteiger charge is 2.29. The second kappa shape index (κ2) is 6.26. The van der Waals surface area contributed by atoms with E-state index in [2.05, 4.69) is 16.0 Å². The lowest BCUT2D eigenvalue weighted by atomic mass is 10.1. The maximum absolute atomic E-state index is 11.9. The first kappa shape index (κ1) is 14.1. The summed E-state index contributed by atoms with van der Waals surface area (Å²) in [6.45, 7) is 1.41. The first-order chi connectivity index (χ1) is 10.2. The summed E-state index contributed by atoms with van der Waals surface area (Å²) in [4.78, 5) is 23.7. The zero-order chi connectivity index (χ0) is 14.7. The number of rotatable bonds is 5. The molecule has 0 bridgehead atoms. The molecule has 21 heavy (non-hydrogen) atoms. The molecule has 2 aliphatic rings. The van der Waals surface area contributed by atoms with Gasteiger partial charge in [0.05, 0.1) is 6.04 Å². The minimum absolute atomic E-state index is 0.0530. The number of hydrogen-bond donors (Lipinski definition) is 3. The van der Waals surface area contributed by atoms with Crippen molar-refractivity contribution in [2.24, 2.45) is 5.92 Å². The van der Waals surface area contributed by atoms with Gasteiger partial charge >= 0.3 is 0 Å². The van der Waals surface area contributed by atoms with Crippen LogP contribution in [-0.4, -0.2) is 24.4 Å². The third-order valence-corrected chi connectivity index (χ3v) is 3.99. The van der Waals surface area contributed by atoms with Crippen molar-refractivity contribution in [2.75, 3.05) is 11.9 Å². The van der Waals surface area contributed by atoms with E-state index >= 15 is 0 Å². The van der Waals surface area contributed by atoms with Crippen LogP contribution in [0, 0.1) is 5.92 Å². The molecule has 5 nitrogen and oxygen atoms in total. The smallest absolute Gasteiger partial charge is 0.237 e. The fourth-order valence-corrected chi connectivity index (χ4v) is 2.57. The maximum atomic E-state index is 11.9. The molecule has 1 atom stereocenters. The quantitative estimate of drug-likeness (QED) is 0.767. The van der Waals surface area contributed by atoms with E-state index in [9.17, 15) is 9.59 Å². The molecule has 2 fully saturated rings. The molecule has 1 unspecified atom stereocenters. The molecule has 1 saturated heterocycles. The van der Waals surface area contributed by atoms with E-state index in [0.717, 1.165) is 43.5 Å². The van der Waals surface area contributed by atoms with Gasteiger partial charge in [-0.25, -0.2) is 0 Å². The Morgan fingerprint density at radius 2 is 2.05 bits per heavy atom. The number of carbonyl (C=O) groups excluding carboxylic acids is 2. The van der Waals surface area contributed by atoms with Gasteiger partial charge in [-0.15, -0.1) is 0 Å². The van der Waals surface area contributed by atoms with Crippen LogP contribution in [-0.2, 0) is 16.1 Å². The van der Waals surface area contributed by atoms with Crippen molar-refractivity contribution in [3.8, 4) is 0 Å². The largest absolute Gasteiger partial charge is 0.351 e. The van der Waals surface area contributed by atoms with E-state index in [4.69, 9.17) is 0 Å². The topological polar surface area (TPSA) is 70.2 Å². The average Bonchev–Trinajstić information content (AvgIpc) is 3.20. The monoisotopic (exact) mass is 287 g/mol. The van der Waals surface area contributed by atoms with Crippen molar-refractivity contribution in [2.45, 2.75) is 38.3 Å². The Hall–Kier alpha value is -1.88. The normalized spacial score (nSPS) is 21.0. The van der Waals surface area contributed by atoms with Crippen LogP contribution < -0.4 is 16.0 Å². The van der Waals surface area contributed by atoms with Gasteiger partial charge in [0.15, 0.2) is 0 Å². The van der Waals surface area contributed by atoms with Gasteiger partial charge in [-0.3, -0.25) is 9.59 Å². The molecule has 5 heteroatoms. The van der Waals surface area contributed by atoms with Crippen molar-refractivity contribution < 1.29 is 9.59 Å². The summed E-state index contributed by atoms with van der Waals surface area (Å²) in [6.07, 6.45) is 3.95. The van der Waals surface area contributed by atoms with Gasteiger partial charge < -0.3 is 16.0 Å². The van der Waals surface area contributed by atoms with Crippen LogP contribution in [0.2, 0.25) is 0 Å². The minimum atomic E-state index is -0.0530. The van der Waals surface area contributed by atoms with Crippen LogP contribution >= 0.6 is 0 Å².